The van der Waals surface area contributed by atoms with Crippen LogP contribution in [-0.2, 0) is 6.54 Å². The molecule has 1 heterocycles. The second kappa shape index (κ2) is 3.52. The predicted molar refractivity (Wildman–Crippen MR) is 58.3 cm³/mol. The van der Waals surface area contributed by atoms with E-state index in [9.17, 15) is 9.59 Å². The van der Waals surface area contributed by atoms with Crippen LogP contribution in [0.25, 0.3) is 0 Å². The molecular formula is C10H13ClN2O2. The molecule has 0 saturated heterocycles. The molecule has 0 spiro atoms. The first-order valence-corrected chi connectivity index (χ1v) is 5.44. The van der Waals surface area contributed by atoms with Crippen molar-refractivity contribution in [2.24, 2.45) is 5.41 Å². The highest BCUT2D eigenvalue weighted by molar-refractivity contribution is 6.29. The average molecular weight is 229 g/mol. The molecule has 5 heteroatoms. The van der Waals surface area contributed by atoms with Crippen LogP contribution in [0.1, 0.15) is 26.2 Å². The number of H-pyrrole nitrogens is 1. The van der Waals surface area contributed by atoms with Crippen molar-refractivity contribution in [3.63, 3.8) is 0 Å². The molecule has 1 fully saturated rings. The number of hydrogen-bond acceptors (Lipinski definition) is 2. The molecule has 82 valence electrons. The lowest BCUT2D eigenvalue weighted by molar-refractivity contribution is 0.392. The number of aromatic amines is 1. The molecule has 1 N–H and O–H groups in total. The van der Waals surface area contributed by atoms with Gasteiger partial charge in [-0.3, -0.25) is 14.3 Å². The maximum atomic E-state index is 11.5. The molecule has 0 radical (unpaired) electrons. The lowest BCUT2D eigenvalue weighted by Crippen LogP contribution is -2.37. The average Bonchev–Trinajstić information content (AvgIpc) is 2.92. The van der Waals surface area contributed by atoms with Crippen molar-refractivity contribution in [2.75, 3.05) is 0 Å². The third-order valence-corrected chi connectivity index (χ3v) is 3.39. The van der Waals surface area contributed by atoms with Crippen molar-refractivity contribution >= 4 is 11.6 Å². The summed E-state index contributed by atoms with van der Waals surface area (Å²) >= 11 is 5.57. The van der Waals surface area contributed by atoms with E-state index < -0.39 is 5.69 Å². The zero-order valence-corrected chi connectivity index (χ0v) is 9.30. The first-order valence-electron chi connectivity index (χ1n) is 5.06. The number of nitrogens with zero attached hydrogens (tertiary/aromatic N) is 1. The van der Waals surface area contributed by atoms with Crippen LogP contribution < -0.4 is 11.2 Å². The van der Waals surface area contributed by atoms with Crippen molar-refractivity contribution in [1.29, 1.82) is 0 Å². The Kier molecular flexibility index (Phi) is 2.46. The first kappa shape index (κ1) is 10.5. The Morgan fingerprint density at radius 3 is 2.67 bits per heavy atom. The highest BCUT2D eigenvalue weighted by Crippen LogP contribution is 2.49. The number of halogens is 1. The van der Waals surface area contributed by atoms with Crippen molar-refractivity contribution in [2.45, 2.75) is 32.7 Å². The van der Waals surface area contributed by atoms with E-state index in [1.54, 1.807) is 0 Å². The molecule has 15 heavy (non-hydrogen) atoms. The first-order chi connectivity index (χ1) is 7.06. The molecule has 0 atom stereocenters. The summed E-state index contributed by atoms with van der Waals surface area (Å²) in [7, 11) is 0. The largest absolute Gasteiger partial charge is 0.329 e. The standard InChI is InChI=1S/C10H13ClN2O2/c1-2-10(3-4-10)6-13-8(14)5-7(11)12-9(13)15/h5H,2-4,6H2,1H3,(H,12,15). The number of hydrogen-bond donors (Lipinski definition) is 1. The Bertz CT molecular complexity index is 454. The van der Waals surface area contributed by atoms with Crippen LogP contribution in [0.3, 0.4) is 0 Å². The van der Waals surface area contributed by atoms with Gasteiger partial charge in [0, 0.05) is 12.6 Å². The molecule has 4 nitrogen and oxygen atoms in total. The number of rotatable bonds is 3. The Hall–Kier alpha value is -1.03. The van der Waals surface area contributed by atoms with Crippen LogP contribution in [0.5, 0.6) is 0 Å². The topological polar surface area (TPSA) is 54.9 Å². The SMILES string of the molecule is CCC1(Cn2c(=O)cc(Cl)[nH]c2=O)CC1. The summed E-state index contributed by atoms with van der Waals surface area (Å²) in [4.78, 5) is 25.5. The second-order valence-corrected chi connectivity index (χ2v) is 4.61. The van der Waals surface area contributed by atoms with E-state index in [0.717, 1.165) is 19.3 Å². The minimum absolute atomic E-state index is 0.0996. The van der Waals surface area contributed by atoms with E-state index in [-0.39, 0.29) is 16.1 Å². The summed E-state index contributed by atoms with van der Waals surface area (Å²) < 4.78 is 1.24. The van der Waals surface area contributed by atoms with E-state index in [4.69, 9.17) is 11.6 Å². The van der Waals surface area contributed by atoms with Gasteiger partial charge in [-0.05, 0) is 24.7 Å². The van der Waals surface area contributed by atoms with Gasteiger partial charge in [-0.1, -0.05) is 18.5 Å². The fourth-order valence-electron chi connectivity index (χ4n) is 1.78. The van der Waals surface area contributed by atoms with Gasteiger partial charge in [-0.25, -0.2) is 4.79 Å². The van der Waals surface area contributed by atoms with Gasteiger partial charge >= 0.3 is 5.69 Å². The van der Waals surface area contributed by atoms with Crippen LogP contribution in [0.2, 0.25) is 5.15 Å². The highest BCUT2D eigenvalue weighted by Gasteiger charge is 2.41. The van der Waals surface area contributed by atoms with E-state index in [0.29, 0.717) is 6.54 Å². The molecule has 1 aliphatic rings. The predicted octanol–water partition coefficient (Wildman–Crippen LogP) is 1.38. The molecule has 2 rings (SSSR count). The van der Waals surface area contributed by atoms with Gasteiger partial charge in [0.1, 0.15) is 5.15 Å². The van der Waals surface area contributed by atoms with Gasteiger partial charge in [0.05, 0.1) is 0 Å². The molecule has 1 saturated carbocycles. The monoisotopic (exact) mass is 228 g/mol. The lowest BCUT2D eigenvalue weighted by atomic mass is 10.0. The van der Waals surface area contributed by atoms with Crippen LogP contribution in [-0.4, -0.2) is 9.55 Å². The number of nitrogens with one attached hydrogen (secondary N) is 1. The van der Waals surface area contributed by atoms with Crippen molar-refractivity contribution in [3.8, 4) is 0 Å². The van der Waals surface area contributed by atoms with Crippen molar-refractivity contribution < 1.29 is 0 Å². The zero-order valence-electron chi connectivity index (χ0n) is 8.55. The minimum atomic E-state index is -0.410. The van der Waals surface area contributed by atoms with Crippen LogP contribution in [0.4, 0.5) is 0 Å². The minimum Gasteiger partial charge on any atom is -0.298 e. The molecule has 0 bridgehead atoms. The summed E-state index contributed by atoms with van der Waals surface area (Å²) in [5.41, 5.74) is -0.555. The van der Waals surface area contributed by atoms with Crippen LogP contribution in [0.15, 0.2) is 15.7 Å². The third kappa shape index (κ3) is 2.00. The smallest absolute Gasteiger partial charge is 0.298 e. The normalized spacial score (nSPS) is 17.7. The van der Waals surface area contributed by atoms with Gasteiger partial charge in [0.25, 0.3) is 5.56 Å². The Labute approximate surface area is 91.9 Å². The molecule has 1 aliphatic carbocycles. The number of aromatic nitrogens is 2. The molecule has 0 amide bonds. The van der Waals surface area contributed by atoms with E-state index in [1.165, 1.54) is 10.6 Å². The van der Waals surface area contributed by atoms with Gasteiger partial charge in [-0.2, -0.15) is 0 Å². The van der Waals surface area contributed by atoms with Gasteiger partial charge < -0.3 is 0 Å². The Morgan fingerprint density at radius 2 is 2.20 bits per heavy atom. The molecule has 1 aromatic rings. The maximum Gasteiger partial charge on any atom is 0.329 e. The maximum absolute atomic E-state index is 11.5. The summed E-state index contributed by atoms with van der Waals surface area (Å²) in [6, 6.07) is 1.24. The second-order valence-electron chi connectivity index (χ2n) is 4.20. The summed E-state index contributed by atoms with van der Waals surface area (Å²) in [5.74, 6) is 0. The van der Waals surface area contributed by atoms with Crippen molar-refractivity contribution in [3.05, 3.63) is 32.1 Å². The fourth-order valence-corrected chi connectivity index (χ4v) is 1.95. The summed E-state index contributed by atoms with van der Waals surface area (Å²) in [6.45, 7) is 2.59. The fraction of sp³-hybridized carbons (Fsp3) is 0.600. The third-order valence-electron chi connectivity index (χ3n) is 3.19. The van der Waals surface area contributed by atoms with Crippen LogP contribution >= 0.6 is 11.6 Å². The molecule has 1 aromatic heterocycles. The zero-order chi connectivity index (χ0) is 11.1. The van der Waals surface area contributed by atoms with E-state index in [1.807, 2.05) is 0 Å². The molecule has 0 aliphatic heterocycles. The van der Waals surface area contributed by atoms with Crippen molar-refractivity contribution in [1.82, 2.24) is 9.55 Å². The highest BCUT2D eigenvalue weighted by atomic mass is 35.5. The quantitative estimate of drug-likeness (QED) is 0.795. The van der Waals surface area contributed by atoms with Gasteiger partial charge in [0.2, 0.25) is 0 Å². The van der Waals surface area contributed by atoms with Crippen LogP contribution in [0, 0.1) is 5.41 Å². The van der Waals surface area contributed by atoms with E-state index in [2.05, 4.69) is 11.9 Å². The Morgan fingerprint density at radius 1 is 1.53 bits per heavy atom. The van der Waals surface area contributed by atoms with Gasteiger partial charge in [-0.15, -0.1) is 0 Å². The molecular weight excluding hydrogens is 216 g/mol. The summed E-state index contributed by atoms with van der Waals surface area (Å²) in [5, 5.41) is 0.0996. The molecule has 0 aromatic carbocycles. The van der Waals surface area contributed by atoms with Gasteiger partial charge in [0.15, 0.2) is 0 Å². The van der Waals surface area contributed by atoms with E-state index >= 15 is 0 Å². The Balaban J connectivity index is 2.37. The lowest BCUT2D eigenvalue weighted by Gasteiger charge is -2.12. The molecule has 0 unspecified atom stereocenters. The summed E-state index contributed by atoms with van der Waals surface area (Å²) in [6.07, 6.45) is 3.19.